The van der Waals surface area contributed by atoms with Crippen LogP contribution in [0.1, 0.15) is 39.0 Å². The first-order valence-corrected chi connectivity index (χ1v) is 10.5. The maximum Gasteiger partial charge on any atom is 0.256 e. The molecule has 6 heteroatoms. The molecular weight excluding hydrogens is 356 g/mol. The second kappa shape index (κ2) is 10.2. The van der Waals surface area contributed by atoms with Gasteiger partial charge in [-0.05, 0) is 55.9 Å². The number of nitrogens with one attached hydrogen (secondary N) is 1. The minimum absolute atomic E-state index is 0.0410. The van der Waals surface area contributed by atoms with Crippen LogP contribution >= 0.6 is 0 Å². The van der Waals surface area contributed by atoms with Crippen LogP contribution in [0.2, 0.25) is 0 Å². The molecule has 156 valence electrons. The maximum atomic E-state index is 12.8. The van der Waals surface area contributed by atoms with Crippen LogP contribution in [-0.2, 0) is 14.3 Å². The van der Waals surface area contributed by atoms with E-state index in [0.29, 0.717) is 12.5 Å². The molecule has 3 rings (SSSR count). The van der Waals surface area contributed by atoms with Crippen molar-refractivity contribution >= 4 is 11.6 Å². The molecule has 2 atom stereocenters. The van der Waals surface area contributed by atoms with E-state index in [2.05, 4.69) is 17.1 Å². The third kappa shape index (κ3) is 5.69. The van der Waals surface area contributed by atoms with E-state index >= 15 is 0 Å². The minimum atomic E-state index is -0.702. The summed E-state index contributed by atoms with van der Waals surface area (Å²) in [5, 5.41) is 3.02. The number of rotatable bonds is 8. The predicted octanol–water partition coefficient (Wildman–Crippen LogP) is 3.32. The number of ether oxygens (including phenoxy) is 3. The number of anilines is 1. The Morgan fingerprint density at radius 2 is 2.04 bits per heavy atom. The first-order chi connectivity index (χ1) is 13.6. The lowest BCUT2D eigenvalue weighted by atomic mass is 9.78. The van der Waals surface area contributed by atoms with Gasteiger partial charge in [0.25, 0.3) is 5.91 Å². The highest BCUT2D eigenvalue weighted by molar-refractivity contribution is 5.97. The molecule has 1 heterocycles. The number of amides is 1. The second-order valence-corrected chi connectivity index (χ2v) is 8.03. The largest absolute Gasteiger partial charge is 0.494 e. The Kier molecular flexibility index (Phi) is 7.71. The molecule has 1 saturated carbocycles. The van der Waals surface area contributed by atoms with Crippen LogP contribution in [0.15, 0.2) is 24.3 Å². The van der Waals surface area contributed by atoms with E-state index in [9.17, 15) is 4.79 Å². The van der Waals surface area contributed by atoms with E-state index in [1.165, 1.54) is 0 Å². The molecule has 1 aliphatic carbocycles. The zero-order valence-corrected chi connectivity index (χ0v) is 17.2. The van der Waals surface area contributed by atoms with Crippen molar-refractivity contribution in [2.24, 2.45) is 5.92 Å². The van der Waals surface area contributed by atoms with Gasteiger partial charge in [0.1, 0.15) is 11.4 Å². The molecule has 0 radical (unpaired) electrons. The lowest BCUT2D eigenvalue weighted by molar-refractivity contribution is -0.143. The Morgan fingerprint density at radius 1 is 1.29 bits per heavy atom. The summed E-state index contributed by atoms with van der Waals surface area (Å²) in [6, 6.07) is 7.61. The number of hydrogen-bond donors (Lipinski definition) is 1. The van der Waals surface area contributed by atoms with Crippen LogP contribution < -0.4 is 10.1 Å². The zero-order chi connectivity index (χ0) is 19.8. The highest BCUT2D eigenvalue weighted by Crippen LogP contribution is 2.35. The Hall–Kier alpha value is -1.63. The quantitative estimate of drug-likeness (QED) is 0.690. The van der Waals surface area contributed by atoms with Gasteiger partial charge in [-0.1, -0.05) is 13.3 Å². The number of benzene rings is 1. The Morgan fingerprint density at radius 3 is 2.71 bits per heavy atom. The fourth-order valence-corrected chi connectivity index (χ4v) is 4.17. The first-order valence-electron chi connectivity index (χ1n) is 10.5. The standard InChI is InChI=1S/C22H34N2O4/c1-18-5-3-10-22(17-18,26-2)21(25)23-19-6-8-20(9-7-19)28-14-4-11-24-12-15-27-16-13-24/h6-9,18H,3-5,10-17H2,1-2H3,(H,23,25)/t18-,22+/m0/s1. The van der Waals surface area contributed by atoms with Crippen LogP contribution in [0.25, 0.3) is 0 Å². The Bertz CT molecular complexity index is 615. The van der Waals surface area contributed by atoms with Crippen molar-refractivity contribution in [2.75, 3.05) is 51.9 Å². The van der Waals surface area contributed by atoms with Crippen molar-refractivity contribution < 1.29 is 19.0 Å². The van der Waals surface area contributed by atoms with E-state index in [1.807, 2.05) is 24.3 Å². The van der Waals surface area contributed by atoms with Crippen molar-refractivity contribution in [2.45, 2.75) is 44.6 Å². The first kappa shape index (κ1) is 21.1. The molecule has 0 unspecified atom stereocenters. The van der Waals surface area contributed by atoms with E-state index in [-0.39, 0.29) is 5.91 Å². The van der Waals surface area contributed by atoms with Crippen LogP contribution in [0.4, 0.5) is 5.69 Å². The van der Waals surface area contributed by atoms with Gasteiger partial charge in [-0.15, -0.1) is 0 Å². The lowest BCUT2D eigenvalue weighted by Gasteiger charge is -2.37. The average molecular weight is 391 g/mol. The van der Waals surface area contributed by atoms with Gasteiger partial charge in [-0.2, -0.15) is 0 Å². The molecule has 0 spiro atoms. The van der Waals surface area contributed by atoms with Gasteiger partial charge in [-0.3, -0.25) is 9.69 Å². The van der Waals surface area contributed by atoms with Gasteiger partial charge in [0.15, 0.2) is 0 Å². The van der Waals surface area contributed by atoms with Crippen molar-refractivity contribution in [3.8, 4) is 5.75 Å². The van der Waals surface area contributed by atoms with Gasteiger partial charge in [0.2, 0.25) is 0 Å². The third-order valence-electron chi connectivity index (χ3n) is 5.86. The van der Waals surface area contributed by atoms with Crippen LogP contribution in [0.3, 0.4) is 0 Å². The molecule has 1 amide bonds. The summed E-state index contributed by atoms with van der Waals surface area (Å²) < 4.78 is 16.9. The molecular formula is C22H34N2O4. The molecule has 6 nitrogen and oxygen atoms in total. The van der Waals surface area contributed by atoms with E-state index < -0.39 is 5.60 Å². The van der Waals surface area contributed by atoms with Crippen molar-refractivity contribution in [1.29, 1.82) is 0 Å². The number of morpholine rings is 1. The normalized spacial score (nSPS) is 26.0. The highest BCUT2D eigenvalue weighted by atomic mass is 16.5. The monoisotopic (exact) mass is 390 g/mol. The molecule has 1 saturated heterocycles. The average Bonchev–Trinajstić information content (AvgIpc) is 2.73. The van der Waals surface area contributed by atoms with E-state index in [0.717, 1.165) is 76.4 Å². The summed E-state index contributed by atoms with van der Waals surface area (Å²) in [5.41, 5.74) is 0.0760. The molecule has 1 N–H and O–H groups in total. The summed E-state index contributed by atoms with van der Waals surface area (Å²) in [6.07, 6.45) is 4.74. The van der Waals surface area contributed by atoms with Gasteiger partial charge < -0.3 is 19.5 Å². The van der Waals surface area contributed by atoms with Crippen molar-refractivity contribution in [1.82, 2.24) is 4.90 Å². The summed E-state index contributed by atoms with van der Waals surface area (Å²) in [7, 11) is 1.64. The van der Waals surface area contributed by atoms with Crippen molar-refractivity contribution in [3.05, 3.63) is 24.3 Å². The zero-order valence-electron chi connectivity index (χ0n) is 17.2. The molecule has 1 aromatic rings. The number of carbonyl (C=O) groups is 1. The molecule has 28 heavy (non-hydrogen) atoms. The Labute approximate surface area is 168 Å². The number of carbonyl (C=O) groups excluding carboxylic acids is 1. The van der Waals surface area contributed by atoms with Crippen LogP contribution in [-0.4, -0.2) is 63.0 Å². The lowest BCUT2D eigenvalue weighted by Crippen LogP contribution is -2.47. The number of hydrogen-bond acceptors (Lipinski definition) is 5. The van der Waals surface area contributed by atoms with Crippen LogP contribution in [0.5, 0.6) is 5.75 Å². The Balaban J connectivity index is 1.44. The summed E-state index contributed by atoms with van der Waals surface area (Å²) in [5.74, 6) is 1.29. The summed E-state index contributed by atoms with van der Waals surface area (Å²) in [4.78, 5) is 15.2. The number of nitrogens with zero attached hydrogens (tertiary/aromatic N) is 1. The SMILES string of the molecule is CO[C@]1(C(=O)Nc2ccc(OCCCN3CCOCC3)cc2)CCC[C@H](C)C1. The van der Waals surface area contributed by atoms with Gasteiger partial charge in [0.05, 0.1) is 19.8 Å². The fourth-order valence-electron chi connectivity index (χ4n) is 4.17. The van der Waals surface area contributed by atoms with Gasteiger partial charge in [-0.25, -0.2) is 0 Å². The van der Waals surface area contributed by atoms with Gasteiger partial charge in [0, 0.05) is 32.4 Å². The highest BCUT2D eigenvalue weighted by Gasteiger charge is 2.41. The van der Waals surface area contributed by atoms with Crippen molar-refractivity contribution in [3.63, 3.8) is 0 Å². The van der Waals surface area contributed by atoms with E-state index in [1.54, 1.807) is 7.11 Å². The summed E-state index contributed by atoms with van der Waals surface area (Å²) >= 11 is 0. The fraction of sp³-hybridized carbons (Fsp3) is 0.682. The minimum Gasteiger partial charge on any atom is -0.494 e. The molecule has 1 aliphatic heterocycles. The van der Waals surface area contributed by atoms with Gasteiger partial charge >= 0.3 is 0 Å². The smallest absolute Gasteiger partial charge is 0.256 e. The molecule has 2 aliphatic rings. The summed E-state index contributed by atoms with van der Waals surface area (Å²) in [6.45, 7) is 7.59. The topological polar surface area (TPSA) is 60.0 Å². The van der Waals surface area contributed by atoms with Crippen LogP contribution in [0, 0.1) is 5.92 Å². The molecule has 2 fully saturated rings. The van der Waals surface area contributed by atoms with E-state index in [4.69, 9.17) is 14.2 Å². The maximum absolute atomic E-state index is 12.8. The second-order valence-electron chi connectivity index (χ2n) is 8.03. The third-order valence-corrected chi connectivity index (χ3v) is 5.86. The predicted molar refractivity (Wildman–Crippen MR) is 110 cm³/mol. The molecule has 1 aromatic carbocycles. The molecule has 0 bridgehead atoms. The molecule has 0 aromatic heterocycles. The number of methoxy groups -OCH3 is 1.